The number of hydrogen-bond acceptors (Lipinski definition) is 5. The second-order valence-corrected chi connectivity index (χ2v) is 6.39. The van der Waals surface area contributed by atoms with Crippen LogP contribution in [0.15, 0.2) is 53.1 Å². The molecule has 3 N–H and O–H groups in total. The Labute approximate surface area is 167 Å². The van der Waals surface area contributed by atoms with Crippen LogP contribution in [0.1, 0.15) is 29.4 Å². The second-order valence-electron chi connectivity index (χ2n) is 6.39. The van der Waals surface area contributed by atoms with Crippen molar-refractivity contribution < 1.29 is 18.9 Å². The number of carbonyl (C=O) groups excluding carboxylic acids is 3. The zero-order chi connectivity index (χ0) is 20.6. The average molecular weight is 394 g/mol. The van der Waals surface area contributed by atoms with Gasteiger partial charge in [-0.1, -0.05) is 24.2 Å². The number of amides is 3. The molecule has 3 rings (SSSR count). The van der Waals surface area contributed by atoms with E-state index in [1.165, 1.54) is 0 Å². The fourth-order valence-electron chi connectivity index (χ4n) is 2.73. The molecule has 0 bridgehead atoms. The van der Waals surface area contributed by atoms with Gasteiger partial charge in [-0.2, -0.15) is 0 Å². The number of fused-ring (bicyclic) bond motifs is 1. The van der Waals surface area contributed by atoms with E-state index in [1.807, 2.05) is 18.2 Å². The first kappa shape index (κ1) is 20.1. The standard InChI is InChI=1S/C21H22N4O4/c1-2-19(26)22-11-12-23-21(28)14-7-9-15(10-8-14)24-20(27)13-17-16-5-3-4-6-18(16)29-25-17/h3-10H,2,11-13H2,1H3,(H,22,26)(H,23,28)(H,24,27). The summed E-state index contributed by atoms with van der Waals surface area (Å²) in [5, 5.41) is 13.0. The van der Waals surface area contributed by atoms with Gasteiger partial charge in [-0.3, -0.25) is 14.4 Å². The van der Waals surface area contributed by atoms with Crippen LogP contribution in [0, 0.1) is 0 Å². The summed E-state index contributed by atoms with van der Waals surface area (Å²) in [7, 11) is 0. The molecule has 8 nitrogen and oxygen atoms in total. The molecule has 0 aliphatic rings. The third-order valence-corrected chi connectivity index (χ3v) is 4.26. The summed E-state index contributed by atoms with van der Waals surface area (Å²) in [6.45, 7) is 2.49. The van der Waals surface area contributed by atoms with Gasteiger partial charge in [0.25, 0.3) is 5.91 Å². The van der Waals surface area contributed by atoms with E-state index >= 15 is 0 Å². The summed E-state index contributed by atoms with van der Waals surface area (Å²) in [5.74, 6) is -0.534. The molecule has 0 aliphatic heterocycles. The van der Waals surface area contributed by atoms with Gasteiger partial charge in [0.1, 0.15) is 5.69 Å². The number of anilines is 1. The SMILES string of the molecule is CCC(=O)NCCNC(=O)c1ccc(NC(=O)Cc2noc3ccccc23)cc1. The summed E-state index contributed by atoms with van der Waals surface area (Å²) in [6.07, 6.45) is 0.497. The van der Waals surface area contributed by atoms with Crippen molar-refractivity contribution in [2.24, 2.45) is 0 Å². The molecule has 0 saturated carbocycles. The predicted molar refractivity (Wildman–Crippen MR) is 108 cm³/mol. The number of rotatable bonds is 8. The molecule has 29 heavy (non-hydrogen) atoms. The second kappa shape index (κ2) is 9.50. The highest BCUT2D eigenvalue weighted by Crippen LogP contribution is 2.18. The van der Waals surface area contributed by atoms with E-state index in [-0.39, 0.29) is 24.1 Å². The molecule has 1 heterocycles. The third kappa shape index (κ3) is 5.41. The minimum Gasteiger partial charge on any atom is -0.356 e. The lowest BCUT2D eigenvalue weighted by Crippen LogP contribution is -2.34. The van der Waals surface area contributed by atoms with Crippen LogP contribution in [-0.2, 0) is 16.0 Å². The van der Waals surface area contributed by atoms with Gasteiger partial charge < -0.3 is 20.5 Å². The average Bonchev–Trinajstić information content (AvgIpc) is 3.14. The predicted octanol–water partition coefficient (Wildman–Crippen LogP) is 2.26. The van der Waals surface area contributed by atoms with Crippen LogP contribution in [-0.4, -0.2) is 36.0 Å². The molecule has 3 amide bonds. The van der Waals surface area contributed by atoms with Crippen molar-refractivity contribution in [2.75, 3.05) is 18.4 Å². The molecule has 8 heteroatoms. The summed E-state index contributed by atoms with van der Waals surface area (Å²) < 4.78 is 5.20. The van der Waals surface area contributed by atoms with E-state index in [0.29, 0.717) is 42.0 Å². The fourth-order valence-corrected chi connectivity index (χ4v) is 2.73. The Kier molecular flexibility index (Phi) is 6.57. The van der Waals surface area contributed by atoms with Gasteiger partial charge in [-0.15, -0.1) is 0 Å². The molecule has 2 aromatic carbocycles. The van der Waals surface area contributed by atoms with Crippen molar-refractivity contribution in [3.63, 3.8) is 0 Å². The summed E-state index contributed by atoms with van der Waals surface area (Å²) in [4.78, 5) is 35.5. The zero-order valence-electron chi connectivity index (χ0n) is 16.0. The van der Waals surface area contributed by atoms with Gasteiger partial charge >= 0.3 is 0 Å². The Hall–Kier alpha value is -3.68. The molecule has 0 fully saturated rings. The van der Waals surface area contributed by atoms with Crippen molar-refractivity contribution in [3.05, 3.63) is 59.8 Å². The molecule has 3 aromatic rings. The number of benzene rings is 2. The lowest BCUT2D eigenvalue weighted by molar-refractivity contribution is -0.120. The van der Waals surface area contributed by atoms with Gasteiger partial charge in [0.05, 0.1) is 6.42 Å². The van der Waals surface area contributed by atoms with Crippen molar-refractivity contribution in [1.82, 2.24) is 15.8 Å². The Bertz CT molecular complexity index is 1010. The fraction of sp³-hybridized carbons (Fsp3) is 0.238. The van der Waals surface area contributed by atoms with Crippen molar-refractivity contribution in [1.29, 1.82) is 0 Å². The van der Waals surface area contributed by atoms with Crippen LogP contribution in [0.25, 0.3) is 11.0 Å². The number of aromatic nitrogens is 1. The maximum absolute atomic E-state index is 12.3. The van der Waals surface area contributed by atoms with Crippen molar-refractivity contribution >= 4 is 34.4 Å². The van der Waals surface area contributed by atoms with Crippen LogP contribution in [0.2, 0.25) is 0 Å². The van der Waals surface area contributed by atoms with Gasteiger partial charge in [0.15, 0.2) is 5.58 Å². The Morgan fingerprint density at radius 3 is 2.41 bits per heavy atom. The molecule has 1 aromatic heterocycles. The minimum atomic E-state index is -0.248. The monoisotopic (exact) mass is 394 g/mol. The van der Waals surface area contributed by atoms with Crippen LogP contribution in [0.3, 0.4) is 0 Å². The number of para-hydroxylation sites is 1. The van der Waals surface area contributed by atoms with Gasteiger partial charge in [-0.05, 0) is 36.4 Å². The van der Waals surface area contributed by atoms with Crippen LogP contribution < -0.4 is 16.0 Å². The van der Waals surface area contributed by atoms with Crippen molar-refractivity contribution in [3.8, 4) is 0 Å². The van der Waals surface area contributed by atoms with Crippen LogP contribution >= 0.6 is 0 Å². The first-order chi connectivity index (χ1) is 14.1. The van der Waals surface area contributed by atoms with E-state index in [9.17, 15) is 14.4 Å². The first-order valence-corrected chi connectivity index (χ1v) is 9.35. The number of nitrogens with zero attached hydrogens (tertiary/aromatic N) is 1. The molecular weight excluding hydrogens is 372 g/mol. The maximum atomic E-state index is 12.3. The Balaban J connectivity index is 1.50. The largest absolute Gasteiger partial charge is 0.356 e. The maximum Gasteiger partial charge on any atom is 0.251 e. The lowest BCUT2D eigenvalue weighted by Gasteiger charge is -2.08. The van der Waals surface area contributed by atoms with Gasteiger partial charge in [0, 0.05) is 36.1 Å². The van der Waals surface area contributed by atoms with E-state index in [2.05, 4.69) is 21.1 Å². The highest BCUT2D eigenvalue weighted by Gasteiger charge is 2.12. The normalized spacial score (nSPS) is 10.5. The van der Waals surface area contributed by atoms with E-state index in [4.69, 9.17) is 4.52 Å². The van der Waals surface area contributed by atoms with E-state index in [0.717, 1.165) is 5.39 Å². The molecular formula is C21H22N4O4. The molecule has 0 saturated heterocycles. The summed E-state index contributed by atoms with van der Waals surface area (Å²) in [6, 6.07) is 13.9. The highest BCUT2D eigenvalue weighted by molar-refractivity contribution is 5.97. The Morgan fingerprint density at radius 1 is 0.931 bits per heavy atom. The molecule has 0 radical (unpaired) electrons. The molecule has 0 spiro atoms. The molecule has 0 aliphatic carbocycles. The summed E-state index contributed by atoms with van der Waals surface area (Å²) >= 11 is 0. The minimum absolute atomic E-state index is 0.0574. The van der Waals surface area contributed by atoms with E-state index < -0.39 is 0 Å². The first-order valence-electron chi connectivity index (χ1n) is 9.35. The van der Waals surface area contributed by atoms with Gasteiger partial charge in [-0.25, -0.2) is 0 Å². The Morgan fingerprint density at radius 2 is 1.66 bits per heavy atom. The topological polar surface area (TPSA) is 113 Å². The van der Waals surface area contributed by atoms with Crippen LogP contribution in [0.5, 0.6) is 0 Å². The quantitative estimate of drug-likeness (QED) is 0.507. The number of carbonyl (C=O) groups is 3. The molecule has 0 unspecified atom stereocenters. The highest BCUT2D eigenvalue weighted by atomic mass is 16.5. The summed E-state index contributed by atoms with van der Waals surface area (Å²) in [5.41, 5.74) is 2.26. The van der Waals surface area contributed by atoms with Gasteiger partial charge in [0.2, 0.25) is 11.8 Å². The van der Waals surface area contributed by atoms with Crippen molar-refractivity contribution in [2.45, 2.75) is 19.8 Å². The zero-order valence-corrected chi connectivity index (χ0v) is 16.0. The van der Waals surface area contributed by atoms with E-state index in [1.54, 1.807) is 37.3 Å². The molecule has 150 valence electrons. The lowest BCUT2D eigenvalue weighted by atomic mass is 10.1. The smallest absolute Gasteiger partial charge is 0.251 e. The third-order valence-electron chi connectivity index (χ3n) is 4.26. The molecule has 0 atom stereocenters. The number of hydrogen-bond donors (Lipinski definition) is 3. The van der Waals surface area contributed by atoms with Crippen LogP contribution in [0.4, 0.5) is 5.69 Å². The number of nitrogens with one attached hydrogen (secondary N) is 3.